The van der Waals surface area contributed by atoms with Crippen LogP contribution in [0.2, 0.25) is 0 Å². The van der Waals surface area contributed by atoms with Crippen LogP contribution in [0.25, 0.3) is 0 Å². The lowest BCUT2D eigenvalue weighted by Crippen LogP contribution is -2.29. The van der Waals surface area contributed by atoms with Crippen molar-refractivity contribution >= 4 is 5.69 Å². The van der Waals surface area contributed by atoms with E-state index in [1.165, 1.54) is 29.7 Å². The van der Waals surface area contributed by atoms with Crippen molar-refractivity contribution in [2.45, 2.75) is 51.4 Å². The molecule has 2 aromatic rings. The second kappa shape index (κ2) is 5.23. The molecule has 1 unspecified atom stereocenters. The van der Waals surface area contributed by atoms with Crippen molar-refractivity contribution in [2.75, 3.05) is 4.90 Å². The molecule has 0 spiro atoms. The number of nitrogens with one attached hydrogen (secondary N) is 1. The van der Waals surface area contributed by atoms with Gasteiger partial charge in [0, 0.05) is 29.9 Å². The van der Waals surface area contributed by atoms with Crippen LogP contribution in [-0.4, -0.2) is 12.1 Å². The van der Waals surface area contributed by atoms with E-state index < -0.39 is 0 Å². The molecule has 0 saturated heterocycles. The lowest BCUT2D eigenvalue weighted by atomic mass is 10.1. The number of furan rings is 1. The lowest BCUT2D eigenvalue weighted by Gasteiger charge is -2.24. The van der Waals surface area contributed by atoms with Gasteiger partial charge in [-0.1, -0.05) is 18.2 Å². The predicted octanol–water partition coefficient (Wildman–Crippen LogP) is 3.48. The summed E-state index contributed by atoms with van der Waals surface area (Å²) in [6.45, 7) is 4.10. The van der Waals surface area contributed by atoms with Crippen molar-refractivity contribution in [1.82, 2.24) is 5.32 Å². The molecular formula is C18H22N2O. The van der Waals surface area contributed by atoms with E-state index in [1.54, 1.807) is 0 Å². The Morgan fingerprint density at radius 2 is 2.10 bits per heavy atom. The van der Waals surface area contributed by atoms with Crippen LogP contribution in [0.15, 0.2) is 41.0 Å². The van der Waals surface area contributed by atoms with Crippen LogP contribution in [0.3, 0.4) is 0 Å². The number of hydrogen-bond donors (Lipinski definition) is 1. The standard InChI is InChI=1S/C18H22N2O/c1-13-10-14-4-2-3-5-17(14)20(13)12-18-15(8-9-21-18)11-19-16-6-7-16/h2-5,8-9,13,16,19H,6-7,10-12H2,1H3. The summed E-state index contributed by atoms with van der Waals surface area (Å²) in [5.41, 5.74) is 4.12. The monoisotopic (exact) mass is 282 g/mol. The zero-order chi connectivity index (χ0) is 14.2. The molecule has 1 aliphatic carbocycles. The van der Waals surface area contributed by atoms with E-state index in [4.69, 9.17) is 4.42 Å². The molecule has 1 fully saturated rings. The summed E-state index contributed by atoms with van der Waals surface area (Å²) in [6.07, 6.45) is 5.60. The number of benzene rings is 1. The highest BCUT2D eigenvalue weighted by Gasteiger charge is 2.27. The summed E-state index contributed by atoms with van der Waals surface area (Å²) in [6, 6.07) is 12.1. The van der Waals surface area contributed by atoms with Crippen molar-refractivity contribution in [2.24, 2.45) is 0 Å². The van der Waals surface area contributed by atoms with Crippen LogP contribution in [0.5, 0.6) is 0 Å². The molecule has 2 aliphatic rings. The number of nitrogens with zero attached hydrogens (tertiary/aromatic N) is 1. The molecule has 1 N–H and O–H groups in total. The number of anilines is 1. The van der Waals surface area contributed by atoms with E-state index in [2.05, 4.69) is 47.5 Å². The minimum Gasteiger partial charge on any atom is -0.467 e. The third-order valence-corrected chi connectivity index (χ3v) is 4.66. The second-order valence-electron chi connectivity index (χ2n) is 6.33. The smallest absolute Gasteiger partial charge is 0.127 e. The first kappa shape index (κ1) is 13.0. The molecule has 1 aliphatic heterocycles. The van der Waals surface area contributed by atoms with Gasteiger partial charge in [-0.2, -0.15) is 0 Å². The highest BCUT2D eigenvalue weighted by Crippen LogP contribution is 2.33. The number of hydrogen-bond acceptors (Lipinski definition) is 3. The van der Waals surface area contributed by atoms with Gasteiger partial charge in [0.1, 0.15) is 5.76 Å². The highest BCUT2D eigenvalue weighted by molar-refractivity contribution is 5.59. The molecule has 1 aromatic carbocycles. The third-order valence-electron chi connectivity index (χ3n) is 4.66. The summed E-state index contributed by atoms with van der Waals surface area (Å²) in [7, 11) is 0. The molecular weight excluding hydrogens is 260 g/mol. The van der Waals surface area contributed by atoms with Gasteiger partial charge in [0.2, 0.25) is 0 Å². The Morgan fingerprint density at radius 3 is 2.95 bits per heavy atom. The maximum Gasteiger partial charge on any atom is 0.127 e. The van der Waals surface area contributed by atoms with Gasteiger partial charge in [0.05, 0.1) is 12.8 Å². The van der Waals surface area contributed by atoms with Gasteiger partial charge in [-0.15, -0.1) is 0 Å². The Balaban J connectivity index is 1.52. The zero-order valence-corrected chi connectivity index (χ0v) is 12.5. The molecule has 1 aromatic heterocycles. The van der Waals surface area contributed by atoms with E-state index in [-0.39, 0.29) is 0 Å². The van der Waals surface area contributed by atoms with E-state index in [0.29, 0.717) is 6.04 Å². The van der Waals surface area contributed by atoms with Gasteiger partial charge in [-0.05, 0) is 43.9 Å². The van der Waals surface area contributed by atoms with Gasteiger partial charge < -0.3 is 14.6 Å². The second-order valence-corrected chi connectivity index (χ2v) is 6.33. The van der Waals surface area contributed by atoms with Crippen molar-refractivity contribution in [3.05, 3.63) is 53.5 Å². The molecule has 3 nitrogen and oxygen atoms in total. The zero-order valence-electron chi connectivity index (χ0n) is 12.5. The van der Waals surface area contributed by atoms with Crippen LogP contribution in [0, 0.1) is 0 Å². The fourth-order valence-corrected chi connectivity index (χ4v) is 3.23. The molecule has 1 saturated carbocycles. The van der Waals surface area contributed by atoms with Gasteiger partial charge in [0.25, 0.3) is 0 Å². The van der Waals surface area contributed by atoms with Crippen molar-refractivity contribution in [3.63, 3.8) is 0 Å². The summed E-state index contributed by atoms with van der Waals surface area (Å²) < 4.78 is 5.76. The average molecular weight is 282 g/mol. The molecule has 0 bridgehead atoms. The fourth-order valence-electron chi connectivity index (χ4n) is 3.23. The Morgan fingerprint density at radius 1 is 1.24 bits per heavy atom. The SMILES string of the molecule is CC1Cc2ccccc2N1Cc1occc1CNC1CC1. The topological polar surface area (TPSA) is 28.4 Å². The third kappa shape index (κ3) is 2.58. The summed E-state index contributed by atoms with van der Waals surface area (Å²) in [5, 5.41) is 3.58. The minimum absolute atomic E-state index is 0.539. The Hall–Kier alpha value is -1.74. The highest BCUT2D eigenvalue weighted by atomic mass is 16.3. The maximum absolute atomic E-state index is 5.76. The van der Waals surface area contributed by atoms with Crippen molar-refractivity contribution in [3.8, 4) is 0 Å². The Kier molecular flexibility index (Phi) is 3.23. The maximum atomic E-state index is 5.76. The van der Waals surface area contributed by atoms with Crippen LogP contribution < -0.4 is 10.2 Å². The first-order chi connectivity index (χ1) is 10.3. The van der Waals surface area contributed by atoms with E-state index >= 15 is 0 Å². The van der Waals surface area contributed by atoms with Crippen LogP contribution >= 0.6 is 0 Å². The summed E-state index contributed by atoms with van der Waals surface area (Å²) in [5.74, 6) is 1.10. The molecule has 2 heterocycles. The average Bonchev–Trinajstić information content (AvgIpc) is 3.13. The molecule has 0 amide bonds. The molecule has 110 valence electrons. The number of rotatable bonds is 5. The number of fused-ring (bicyclic) bond motifs is 1. The van der Waals surface area contributed by atoms with Gasteiger partial charge in [-0.3, -0.25) is 0 Å². The fraction of sp³-hybridized carbons (Fsp3) is 0.444. The Bertz CT molecular complexity index is 630. The molecule has 3 heteroatoms. The first-order valence-corrected chi connectivity index (χ1v) is 7.94. The summed E-state index contributed by atoms with van der Waals surface area (Å²) >= 11 is 0. The summed E-state index contributed by atoms with van der Waals surface area (Å²) in [4.78, 5) is 2.47. The van der Waals surface area contributed by atoms with Gasteiger partial charge in [-0.25, -0.2) is 0 Å². The molecule has 4 rings (SSSR count). The molecule has 1 atom stereocenters. The largest absolute Gasteiger partial charge is 0.467 e. The molecule has 0 radical (unpaired) electrons. The quantitative estimate of drug-likeness (QED) is 0.910. The first-order valence-electron chi connectivity index (χ1n) is 7.94. The van der Waals surface area contributed by atoms with E-state index in [1.807, 2.05) is 6.26 Å². The van der Waals surface area contributed by atoms with E-state index in [9.17, 15) is 0 Å². The van der Waals surface area contributed by atoms with Crippen LogP contribution in [0.4, 0.5) is 5.69 Å². The van der Waals surface area contributed by atoms with Gasteiger partial charge in [0.15, 0.2) is 0 Å². The van der Waals surface area contributed by atoms with Crippen LogP contribution in [-0.2, 0) is 19.5 Å². The minimum atomic E-state index is 0.539. The van der Waals surface area contributed by atoms with Crippen molar-refractivity contribution in [1.29, 1.82) is 0 Å². The molecule has 21 heavy (non-hydrogen) atoms. The number of para-hydroxylation sites is 1. The lowest BCUT2D eigenvalue weighted by molar-refractivity contribution is 0.486. The Labute approximate surface area is 126 Å². The van der Waals surface area contributed by atoms with E-state index in [0.717, 1.165) is 31.3 Å². The normalized spacial score (nSPS) is 20.8. The van der Waals surface area contributed by atoms with Crippen LogP contribution in [0.1, 0.15) is 36.7 Å². The van der Waals surface area contributed by atoms with Gasteiger partial charge >= 0.3 is 0 Å². The predicted molar refractivity (Wildman–Crippen MR) is 84.4 cm³/mol. The van der Waals surface area contributed by atoms with Crippen molar-refractivity contribution < 1.29 is 4.42 Å².